The Morgan fingerprint density at radius 2 is 1.88 bits per heavy atom. The van der Waals surface area contributed by atoms with Crippen molar-refractivity contribution >= 4 is 23.5 Å². The number of amides is 1. The lowest BCUT2D eigenvalue weighted by atomic mass is 9.86. The number of benzene rings is 2. The number of thioether (sulfide) groups is 1. The SMILES string of the molecule is CSc1ccccc1[C@H]1CC(=O)Nc2nn(Cc3ccccc3)c(C)c21. The Hall–Kier alpha value is -2.53. The summed E-state index contributed by atoms with van der Waals surface area (Å²) in [6.45, 7) is 2.80. The van der Waals surface area contributed by atoms with Crippen molar-refractivity contribution in [2.45, 2.75) is 30.7 Å². The van der Waals surface area contributed by atoms with Crippen LogP contribution in [0.2, 0.25) is 0 Å². The van der Waals surface area contributed by atoms with Crippen molar-refractivity contribution in [2.24, 2.45) is 0 Å². The number of aromatic nitrogens is 2. The second-order valence-electron chi connectivity index (χ2n) is 6.54. The highest BCUT2D eigenvalue weighted by Gasteiger charge is 2.32. The molecule has 0 fully saturated rings. The summed E-state index contributed by atoms with van der Waals surface area (Å²) in [6.07, 6.45) is 2.54. The first-order chi connectivity index (χ1) is 12.7. The van der Waals surface area contributed by atoms with Crippen LogP contribution in [-0.2, 0) is 11.3 Å². The van der Waals surface area contributed by atoms with Crippen LogP contribution in [0.1, 0.15) is 34.7 Å². The Bertz CT molecular complexity index is 949. The van der Waals surface area contributed by atoms with E-state index in [0.29, 0.717) is 18.8 Å². The lowest BCUT2D eigenvalue weighted by Crippen LogP contribution is -2.23. The predicted octanol–water partition coefficient (Wildman–Crippen LogP) is 4.44. The quantitative estimate of drug-likeness (QED) is 0.697. The number of nitrogens with zero attached hydrogens (tertiary/aromatic N) is 2. The van der Waals surface area contributed by atoms with Gasteiger partial charge in [-0.1, -0.05) is 48.5 Å². The van der Waals surface area contributed by atoms with E-state index in [9.17, 15) is 4.79 Å². The highest BCUT2D eigenvalue weighted by molar-refractivity contribution is 7.98. The number of fused-ring (bicyclic) bond motifs is 1. The molecule has 0 saturated heterocycles. The minimum Gasteiger partial charge on any atom is -0.309 e. The molecule has 1 aliphatic heterocycles. The van der Waals surface area contributed by atoms with Gasteiger partial charge in [0.25, 0.3) is 0 Å². The molecule has 2 heterocycles. The Morgan fingerprint density at radius 3 is 2.65 bits per heavy atom. The molecule has 0 aliphatic carbocycles. The average Bonchev–Trinajstić information content (AvgIpc) is 2.97. The second kappa shape index (κ2) is 7.00. The van der Waals surface area contributed by atoms with Gasteiger partial charge in [0.1, 0.15) is 0 Å². The maximum atomic E-state index is 12.3. The number of nitrogens with one attached hydrogen (secondary N) is 1. The van der Waals surface area contributed by atoms with Gasteiger partial charge in [0.05, 0.1) is 6.54 Å². The van der Waals surface area contributed by atoms with Gasteiger partial charge >= 0.3 is 0 Å². The van der Waals surface area contributed by atoms with Crippen molar-refractivity contribution < 1.29 is 4.79 Å². The summed E-state index contributed by atoms with van der Waals surface area (Å²) in [5.74, 6) is 0.783. The van der Waals surface area contributed by atoms with Crippen LogP contribution in [0.3, 0.4) is 0 Å². The average molecular weight is 363 g/mol. The van der Waals surface area contributed by atoms with Crippen LogP contribution in [0.25, 0.3) is 0 Å². The third-order valence-corrected chi connectivity index (χ3v) is 5.75. The van der Waals surface area contributed by atoms with Gasteiger partial charge in [0.15, 0.2) is 5.82 Å². The van der Waals surface area contributed by atoms with Gasteiger partial charge in [0, 0.05) is 28.5 Å². The summed E-state index contributed by atoms with van der Waals surface area (Å²) in [7, 11) is 0. The van der Waals surface area contributed by atoms with Crippen LogP contribution in [0.4, 0.5) is 5.82 Å². The highest BCUT2D eigenvalue weighted by Crippen LogP contribution is 2.41. The van der Waals surface area contributed by atoms with Crippen LogP contribution < -0.4 is 5.32 Å². The summed E-state index contributed by atoms with van der Waals surface area (Å²) >= 11 is 1.72. The zero-order valence-corrected chi connectivity index (χ0v) is 15.7. The maximum Gasteiger partial charge on any atom is 0.226 e. The lowest BCUT2D eigenvalue weighted by Gasteiger charge is -2.24. The van der Waals surface area contributed by atoms with E-state index in [1.807, 2.05) is 35.0 Å². The number of rotatable bonds is 4. The fourth-order valence-electron chi connectivity index (χ4n) is 3.67. The molecular weight excluding hydrogens is 342 g/mol. The molecule has 1 N–H and O–H groups in total. The predicted molar refractivity (Wildman–Crippen MR) is 106 cm³/mol. The summed E-state index contributed by atoms with van der Waals surface area (Å²) in [6, 6.07) is 18.6. The molecule has 4 nitrogen and oxygen atoms in total. The van der Waals surface area contributed by atoms with Crippen molar-refractivity contribution in [3.8, 4) is 0 Å². The fraction of sp³-hybridized carbons (Fsp3) is 0.238. The summed E-state index contributed by atoms with van der Waals surface area (Å²) < 4.78 is 2.00. The standard InChI is InChI=1S/C21H21N3OS/c1-14-20-17(16-10-6-7-11-18(16)26-2)12-19(25)22-21(20)23-24(14)13-15-8-4-3-5-9-15/h3-11,17H,12-13H2,1-2H3,(H,22,23,25)/t17-/m1/s1. The largest absolute Gasteiger partial charge is 0.309 e. The van der Waals surface area contributed by atoms with Gasteiger partial charge in [-0.2, -0.15) is 5.10 Å². The normalized spacial score (nSPS) is 16.2. The zero-order valence-electron chi connectivity index (χ0n) is 14.9. The third kappa shape index (κ3) is 3.03. The lowest BCUT2D eigenvalue weighted by molar-refractivity contribution is -0.116. The molecule has 3 aromatic rings. The molecule has 1 aliphatic rings. The van der Waals surface area contributed by atoms with Crippen molar-refractivity contribution in [2.75, 3.05) is 11.6 Å². The van der Waals surface area contributed by atoms with Crippen LogP contribution in [0.5, 0.6) is 0 Å². The van der Waals surface area contributed by atoms with Gasteiger partial charge in [-0.05, 0) is 30.4 Å². The van der Waals surface area contributed by atoms with E-state index in [2.05, 4.69) is 42.8 Å². The molecule has 0 spiro atoms. The topological polar surface area (TPSA) is 46.9 Å². The summed E-state index contributed by atoms with van der Waals surface area (Å²) in [5, 5.41) is 7.67. The number of anilines is 1. The highest BCUT2D eigenvalue weighted by atomic mass is 32.2. The Morgan fingerprint density at radius 1 is 1.15 bits per heavy atom. The number of hydrogen-bond acceptors (Lipinski definition) is 3. The first-order valence-electron chi connectivity index (χ1n) is 8.71. The van der Waals surface area contributed by atoms with Crippen molar-refractivity contribution in [3.63, 3.8) is 0 Å². The molecule has 132 valence electrons. The van der Waals surface area contributed by atoms with E-state index in [1.54, 1.807) is 11.8 Å². The molecule has 2 aromatic carbocycles. The fourth-order valence-corrected chi connectivity index (χ4v) is 4.33. The van der Waals surface area contributed by atoms with E-state index in [0.717, 1.165) is 11.3 Å². The molecule has 1 atom stereocenters. The summed E-state index contributed by atoms with van der Waals surface area (Å²) in [5.41, 5.74) is 4.66. The van der Waals surface area contributed by atoms with E-state index in [4.69, 9.17) is 5.10 Å². The smallest absolute Gasteiger partial charge is 0.226 e. The van der Waals surface area contributed by atoms with E-state index in [1.165, 1.54) is 16.0 Å². The Labute approximate surface area is 157 Å². The second-order valence-corrected chi connectivity index (χ2v) is 7.39. The van der Waals surface area contributed by atoms with Crippen LogP contribution in [0.15, 0.2) is 59.5 Å². The first-order valence-corrected chi connectivity index (χ1v) is 9.94. The molecule has 1 aromatic heterocycles. The molecule has 1 amide bonds. The van der Waals surface area contributed by atoms with Crippen molar-refractivity contribution in [3.05, 3.63) is 77.0 Å². The molecular formula is C21H21N3OS. The van der Waals surface area contributed by atoms with Crippen LogP contribution >= 0.6 is 11.8 Å². The van der Waals surface area contributed by atoms with Gasteiger partial charge < -0.3 is 5.32 Å². The maximum absolute atomic E-state index is 12.3. The molecule has 0 saturated carbocycles. The summed E-state index contributed by atoms with van der Waals surface area (Å²) in [4.78, 5) is 13.5. The molecule has 0 unspecified atom stereocenters. The number of carbonyl (C=O) groups is 1. The van der Waals surface area contributed by atoms with Gasteiger partial charge in [-0.15, -0.1) is 11.8 Å². The Kier molecular flexibility index (Phi) is 4.55. The van der Waals surface area contributed by atoms with E-state index < -0.39 is 0 Å². The van der Waals surface area contributed by atoms with Crippen LogP contribution in [0, 0.1) is 6.92 Å². The van der Waals surface area contributed by atoms with Gasteiger partial charge in [-0.25, -0.2) is 0 Å². The first kappa shape index (κ1) is 16.9. The third-order valence-electron chi connectivity index (χ3n) is 4.94. The zero-order chi connectivity index (χ0) is 18.1. The number of hydrogen-bond donors (Lipinski definition) is 1. The minimum absolute atomic E-state index is 0.0303. The monoisotopic (exact) mass is 363 g/mol. The van der Waals surface area contributed by atoms with Crippen molar-refractivity contribution in [1.82, 2.24) is 9.78 Å². The van der Waals surface area contributed by atoms with Gasteiger partial charge in [-0.3, -0.25) is 9.48 Å². The number of carbonyl (C=O) groups excluding carboxylic acids is 1. The molecule has 4 rings (SSSR count). The Balaban J connectivity index is 1.78. The van der Waals surface area contributed by atoms with E-state index >= 15 is 0 Å². The molecule has 0 radical (unpaired) electrons. The van der Waals surface area contributed by atoms with Gasteiger partial charge in [0.2, 0.25) is 5.91 Å². The molecule has 5 heteroatoms. The van der Waals surface area contributed by atoms with Crippen molar-refractivity contribution in [1.29, 1.82) is 0 Å². The minimum atomic E-state index is 0.0303. The van der Waals surface area contributed by atoms with Crippen LogP contribution in [-0.4, -0.2) is 21.9 Å². The molecule has 26 heavy (non-hydrogen) atoms. The molecule has 0 bridgehead atoms. The van der Waals surface area contributed by atoms with E-state index in [-0.39, 0.29) is 11.8 Å².